The van der Waals surface area contributed by atoms with E-state index in [4.69, 9.17) is 22.7 Å². The van der Waals surface area contributed by atoms with Gasteiger partial charge in [-0.25, -0.2) is 4.72 Å². The van der Waals surface area contributed by atoms with Gasteiger partial charge in [-0.15, -0.1) is 0 Å². The predicted octanol–water partition coefficient (Wildman–Crippen LogP) is -1.17. The van der Waals surface area contributed by atoms with Crippen LogP contribution in [0.4, 0.5) is 0 Å². The number of ether oxygens (including phenoxy) is 1. The Hall–Kier alpha value is -0.280. The minimum Gasteiger partial charge on any atom is -0.391 e. The fourth-order valence-corrected chi connectivity index (χ4v) is 2.63. The molecule has 3 N–H and O–H groups in total. The van der Waals surface area contributed by atoms with Crippen LogP contribution < -0.4 is 10.5 Å². The van der Waals surface area contributed by atoms with Crippen LogP contribution in [0.2, 0.25) is 0 Å². The molecule has 1 aliphatic heterocycles. The zero-order valence-corrected chi connectivity index (χ0v) is 10.1. The molecule has 0 bridgehead atoms. The molecule has 0 aromatic carbocycles. The van der Waals surface area contributed by atoms with Crippen molar-refractivity contribution in [1.29, 1.82) is 0 Å². The summed E-state index contributed by atoms with van der Waals surface area (Å²) < 4.78 is 32.2. The lowest BCUT2D eigenvalue weighted by Crippen LogP contribution is -2.52. The lowest BCUT2D eigenvalue weighted by molar-refractivity contribution is 0.0382. The van der Waals surface area contributed by atoms with E-state index in [1.165, 1.54) is 4.31 Å². The Morgan fingerprint density at radius 1 is 1.73 bits per heavy atom. The molecule has 0 aromatic rings. The lowest BCUT2D eigenvalue weighted by atomic mass is 10.3. The van der Waals surface area contributed by atoms with Gasteiger partial charge >= 0.3 is 0 Å². The van der Waals surface area contributed by atoms with Gasteiger partial charge in [-0.05, 0) is 0 Å². The van der Waals surface area contributed by atoms with Gasteiger partial charge < -0.3 is 10.5 Å². The first-order valence-corrected chi connectivity index (χ1v) is 6.48. The van der Waals surface area contributed by atoms with Crippen LogP contribution in [0.3, 0.4) is 0 Å². The second kappa shape index (κ2) is 5.17. The molecule has 0 aliphatic carbocycles. The van der Waals surface area contributed by atoms with Crippen LogP contribution in [0.15, 0.2) is 0 Å². The Morgan fingerprint density at radius 3 is 2.93 bits per heavy atom. The van der Waals surface area contributed by atoms with Crippen LogP contribution >= 0.6 is 12.2 Å². The fourth-order valence-electron chi connectivity index (χ4n) is 1.29. The van der Waals surface area contributed by atoms with Gasteiger partial charge in [0.25, 0.3) is 10.2 Å². The Labute approximate surface area is 94.9 Å². The molecule has 0 aromatic heterocycles. The summed E-state index contributed by atoms with van der Waals surface area (Å²) >= 11 is 4.77. The number of morpholine rings is 1. The van der Waals surface area contributed by atoms with Crippen molar-refractivity contribution in [3.05, 3.63) is 0 Å². The number of hydrogen-bond donors (Lipinski definition) is 2. The summed E-state index contributed by atoms with van der Waals surface area (Å²) in [4.78, 5) is 0.186. The molecular weight excluding hydrogens is 238 g/mol. The molecule has 8 heteroatoms. The van der Waals surface area contributed by atoms with Gasteiger partial charge in [-0.3, -0.25) is 0 Å². The second-order valence-electron chi connectivity index (χ2n) is 3.12. The molecule has 6 nitrogen and oxygen atoms in total. The smallest absolute Gasteiger partial charge is 0.279 e. The Kier molecular flexibility index (Phi) is 4.41. The van der Waals surface area contributed by atoms with Crippen molar-refractivity contribution in [2.75, 3.05) is 26.2 Å². The van der Waals surface area contributed by atoms with Gasteiger partial charge in [0.15, 0.2) is 0 Å². The first-order chi connectivity index (χ1) is 6.97. The third-order valence-corrected chi connectivity index (χ3v) is 3.94. The molecule has 0 radical (unpaired) electrons. The standard InChI is InChI=1S/C7H15N3O3S2/c1-2-9-15(11,12)10-3-4-13-6(5-10)7(8)14/h6,9H,2-5H2,1H3,(H2,8,14). The highest BCUT2D eigenvalue weighted by Gasteiger charge is 2.29. The highest BCUT2D eigenvalue weighted by atomic mass is 32.2. The third-order valence-electron chi connectivity index (χ3n) is 2.01. The van der Waals surface area contributed by atoms with Gasteiger partial charge in [-0.2, -0.15) is 12.7 Å². The number of rotatable bonds is 4. The Morgan fingerprint density at radius 2 is 2.40 bits per heavy atom. The molecule has 1 fully saturated rings. The molecule has 1 heterocycles. The molecule has 1 unspecified atom stereocenters. The van der Waals surface area contributed by atoms with E-state index in [1.807, 2.05) is 0 Å². The summed E-state index contributed by atoms with van der Waals surface area (Å²) in [7, 11) is -3.41. The van der Waals surface area contributed by atoms with Crippen LogP contribution in [0.5, 0.6) is 0 Å². The molecule has 0 saturated carbocycles. The average Bonchev–Trinajstić information content (AvgIpc) is 2.18. The molecular formula is C7H15N3O3S2. The second-order valence-corrected chi connectivity index (χ2v) is 5.35. The normalized spacial score (nSPS) is 23.9. The molecule has 88 valence electrons. The third kappa shape index (κ3) is 3.35. The average molecular weight is 253 g/mol. The van der Waals surface area contributed by atoms with E-state index in [1.54, 1.807) is 6.92 Å². The van der Waals surface area contributed by atoms with Crippen molar-refractivity contribution in [1.82, 2.24) is 9.03 Å². The Bertz CT molecular complexity index is 330. The monoisotopic (exact) mass is 253 g/mol. The van der Waals surface area contributed by atoms with E-state index in [9.17, 15) is 8.42 Å². The van der Waals surface area contributed by atoms with Gasteiger partial charge in [0.05, 0.1) is 6.61 Å². The van der Waals surface area contributed by atoms with Crippen LogP contribution in [-0.4, -0.2) is 50.1 Å². The number of nitrogens with zero attached hydrogens (tertiary/aromatic N) is 1. The molecule has 0 spiro atoms. The van der Waals surface area contributed by atoms with Gasteiger partial charge in [0, 0.05) is 19.6 Å². The van der Waals surface area contributed by atoms with Gasteiger partial charge in [-0.1, -0.05) is 19.1 Å². The zero-order chi connectivity index (χ0) is 11.5. The van der Waals surface area contributed by atoms with Crippen molar-refractivity contribution >= 4 is 27.4 Å². The fraction of sp³-hybridized carbons (Fsp3) is 0.857. The van der Waals surface area contributed by atoms with Gasteiger partial charge in [0.2, 0.25) is 0 Å². The van der Waals surface area contributed by atoms with Crippen LogP contribution in [0.1, 0.15) is 6.92 Å². The first-order valence-electron chi connectivity index (χ1n) is 4.63. The summed E-state index contributed by atoms with van der Waals surface area (Å²) in [5, 5.41) is 0. The SMILES string of the molecule is CCNS(=O)(=O)N1CCOC(C(N)=S)C1. The highest BCUT2D eigenvalue weighted by molar-refractivity contribution is 7.87. The number of hydrogen-bond acceptors (Lipinski definition) is 4. The van der Waals surface area contributed by atoms with E-state index < -0.39 is 16.3 Å². The summed E-state index contributed by atoms with van der Waals surface area (Å²) in [5.41, 5.74) is 5.41. The summed E-state index contributed by atoms with van der Waals surface area (Å²) in [6.45, 7) is 2.91. The quantitative estimate of drug-likeness (QED) is 0.617. The minimum absolute atomic E-state index is 0.185. The van der Waals surface area contributed by atoms with E-state index in [0.717, 1.165) is 0 Å². The zero-order valence-electron chi connectivity index (χ0n) is 8.47. The van der Waals surface area contributed by atoms with Crippen LogP contribution in [0.25, 0.3) is 0 Å². The number of nitrogens with one attached hydrogen (secondary N) is 1. The maximum atomic E-state index is 11.6. The van der Waals surface area contributed by atoms with E-state index in [0.29, 0.717) is 19.7 Å². The Balaban J connectivity index is 2.67. The largest absolute Gasteiger partial charge is 0.391 e. The van der Waals surface area contributed by atoms with Gasteiger partial charge in [0.1, 0.15) is 11.1 Å². The molecule has 1 saturated heterocycles. The van der Waals surface area contributed by atoms with E-state index >= 15 is 0 Å². The van der Waals surface area contributed by atoms with Crippen molar-refractivity contribution in [3.8, 4) is 0 Å². The van der Waals surface area contributed by atoms with Crippen molar-refractivity contribution in [3.63, 3.8) is 0 Å². The molecule has 0 amide bonds. The number of thiocarbonyl (C=S) groups is 1. The summed E-state index contributed by atoms with van der Waals surface area (Å²) in [6, 6.07) is 0. The molecule has 1 aliphatic rings. The van der Waals surface area contributed by atoms with Crippen LogP contribution in [0, 0.1) is 0 Å². The van der Waals surface area contributed by atoms with Crippen molar-refractivity contribution in [2.24, 2.45) is 5.73 Å². The highest BCUT2D eigenvalue weighted by Crippen LogP contribution is 2.08. The van der Waals surface area contributed by atoms with Crippen molar-refractivity contribution in [2.45, 2.75) is 13.0 Å². The molecule has 1 rings (SSSR count). The maximum absolute atomic E-state index is 11.6. The molecule has 1 atom stereocenters. The molecule has 15 heavy (non-hydrogen) atoms. The van der Waals surface area contributed by atoms with E-state index in [2.05, 4.69) is 4.72 Å². The van der Waals surface area contributed by atoms with Crippen molar-refractivity contribution < 1.29 is 13.2 Å². The number of nitrogens with two attached hydrogens (primary N) is 1. The summed E-state index contributed by atoms with van der Waals surface area (Å²) in [5.74, 6) is 0. The topological polar surface area (TPSA) is 84.7 Å². The summed E-state index contributed by atoms with van der Waals surface area (Å²) in [6.07, 6.45) is -0.484. The van der Waals surface area contributed by atoms with E-state index in [-0.39, 0.29) is 11.5 Å². The minimum atomic E-state index is -3.41. The first kappa shape index (κ1) is 12.8. The lowest BCUT2D eigenvalue weighted by Gasteiger charge is -2.31. The maximum Gasteiger partial charge on any atom is 0.279 e. The predicted molar refractivity (Wildman–Crippen MR) is 60.7 cm³/mol. The van der Waals surface area contributed by atoms with Crippen LogP contribution in [-0.2, 0) is 14.9 Å².